The Morgan fingerprint density at radius 3 is 2.84 bits per heavy atom. The predicted molar refractivity (Wildman–Crippen MR) is 94.6 cm³/mol. The number of anilines is 2. The lowest BCUT2D eigenvalue weighted by Gasteiger charge is -2.15. The van der Waals surface area contributed by atoms with Gasteiger partial charge in [0.25, 0.3) is 0 Å². The maximum atomic E-state index is 12.9. The highest BCUT2D eigenvalue weighted by molar-refractivity contribution is 5.88. The van der Waals surface area contributed by atoms with E-state index in [2.05, 4.69) is 15.3 Å². The number of nitrogens with two attached hydrogens (primary N) is 2. The van der Waals surface area contributed by atoms with E-state index in [9.17, 15) is 4.39 Å². The average molecular weight is 344 g/mol. The molecule has 2 atom stereocenters. The second kappa shape index (κ2) is 8.02. The van der Waals surface area contributed by atoms with E-state index in [0.29, 0.717) is 23.8 Å². The zero-order valence-corrected chi connectivity index (χ0v) is 14.0. The summed E-state index contributed by atoms with van der Waals surface area (Å²) in [6.07, 6.45) is 6.72. The van der Waals surface area contributed by atoms with E-state index in [1.165, 1.54) is 24.7 Å². The minimum absolute atomic E-state index is 0.211. The molecule has 25 heavy (non-hydrogen) atoms. The van der Waals surface area contributed by atoms with Gasteiger partial charge in [-0.3, -0.25) is 5.41 Å². The summed E-state index contributed by atoms with van der Waals surface area (Å²) in [5.74, 6) is 0.811. The molecular formula is C18H23FN5O+. The molecular weight excluding hydrogens is 321 g/mol. The van der Waals surface area contributed by atoms with Gasteiger partial charge >= 0.3 is 0 Å². The van der Waals surface area contributed by atoms with Gasteiger partial charge in [-0.1, -0.05) is 12.1 Å². The number of nitrogens with one attached hydrogen (secondary N) is 1. The quantitative estimate of drug-likeness (QED) is 0.650. The van der Waals surface area contributed by atoms with Crippen LogP contribution in [-0.4, -0.2) is 34.9 Å². The highest BCUT2D eigenvalue weighted by Gasteiger charge is 2.26. The molecule has 0 bridgehead atoms. The van der Waals surface area contributed by atoms with Gasteiger partial charge in [-0.25, -0.2) is 14.4 Å². The molecule has 1 aliphatic carbocycles. The molecule has 2 aromatic rings. The second-order valence-corrected chi connectivity index (χ2v) is 6.21. The number of aromatic nitrogens is 2. The Hall–Kier alpha value is -2.54. The summed E-state index contributed by atoms with van der Waals surface area (Å²) in [6.45, 7) is 0.630. The summed E-state index contributed by atoms with van der Waals surface area (Å²) in [5, 5.41) is 8.99. The first-order valence-corrected chi connectivity index (χ1v) is 8.43. The number of nitrogen functional groups attached to an aromatic ring is 1. The summed E-state index contributed by atoms with van der Waals surface area (Å²) >= 11 is 0. The predicted octanol–water partition coefficient (Wildman–Crippen LogP) is 0.968. The fraction of sp³-hybridized carbons (Fsp3) is 0.389. The Labute approximate surface area is 146 Å². The Morgan fingerprint density at radius 1 is 1.28 bits per heavy atom. The maximum absolute atomic E-state index is 12.9. The Bertz CT molecular complexity index is 722. The molecule has 0 aliphatic heterocycles. The van der Waals surface area contributed by atoms with Gasteiger partial charge in [0.1, 0.15) is 29.3 Å². The van der Waals surface area contributed by atoms with E-state index < -0.39 is 0 Å². The van der Waals surface area contributed by atoms with Crippen LogP contribution in [0.1, 0.15) is 30.4 Å². The van der Waals surface area contributed by atoms with Gasteiger partial charge in [-0.15, -0.1) is 0 Å². The molecule has 0 spiro atoms. The average Bonchev–Trinajstić information content (AvgIpc) is 3.04. The van der Waals surface area contributed by atoms with Crippen LogP contribution in [0.25, 0.3) is 0 Å². The van der Waals surface area contributed by atoms with Gasteiger partial charge in [0, 0.05) is 6.04 Å². The van der Waals surface area contributed by atoms with Gasteiger partial charge in [0.15, 0.2) is 6.21 Å². The monoisotopic (exact) mass is 344 g/mol. The molecule has 0 unspecified atom stereocenters. The topological polar surface area (TPSA) is 98.7 Å². The van der Waals surface area contributed by atoms with Crippen molar-refractivity contribution in [2.24, 2.45) is 0 Å². The van der Waals surface area contributed by atoms with Gasteiger partial charge in [-0.05, 0) is 43.4 Å². The molecule has 7 heteroatoms. The first-order valence-electron chi connectivity index (χ1n) is 8.43. The molecule has 132 valence electrons. The van der Waals surface area contributed by atoms with Crippen molar-refractivity contribution in [1.82, 2.24) is 9.97 Å². The first-order chi connectivity index (χ1) is 12.2. The summed E-state index contributed by atoms with van der Waals surface area (Å²) in [4.78, 5) is 8.17. The number of ether oxygens (including phenoxy) is 1. The Kier molecular flexibility index (Phi) is 5.55. The second-order valence-electron chi connectivity index (χ2n) is 6.21. The highest BCUT2D eigenvalue weighted by atomic mass is 19.1. The molecule has 6 nitrogen and oxygen atoms in total. The zero-order valence-electron chi connectivity index (χ0n) is 14.0. The minimum atomic E-state index is -0.214. The van der Waals surface area contributed by atoms with Gasteiger partial charge in [0.2, 0.25) is 0 Å². The van der Waals surface area contributed by atoms with Crippen LogP contribution >= 0.6 is 0 Å². The number of benzene rings is 1. The van der Waals surface area contributed by atoms with Crippen molar-refractivity contribution in [1.29, 1.82) is 0 Å². The fourth-order valence-corrected chi connectivity index (χ4v) is 3.10. The standard InChI is InChI=1S/C18H22FN5O/c19-13-3-1-12(2-4-13)7-8-25-15-6-5-14(9-15)24-18-16(10-20)17(21)22-11-23-18/h1-4,10-11,14-15,20H,5-9H2,(H3,21,22,23,24)/p+1/t14-,15-/m0/s1. The molecule has 5 N–H and O–H groups in total. The van der Waals surface area contributed by atoms with Crippen molar-refractivity contribution >= 4 is 17.9 Å². The largest absolute Gasteiger partial charge is 0.383 e. The molecule has 1 saturated carbocycles. The molecule has 1 aliphatic rings. The number of nitrogens with zero attached hydrogens (tertiary/aromatic N) is 2. The number of rotatable bonds is 7. The molecule has 1 aromatic heterocycles. The van der Waals surface area contributed by atoms with Crippen molar-refractivity contribution in [2.45, 2.75) is 37.8 Å². The molecule has 1 aromatic carbocycles. The zero-order chi connectivity index (χ0) is 17.6. The van der Waals surface area contributed by atoms with Crippen molar-refractivity contribution in [3.63, 3.8) is 0 Å². The normalized spacial score (nSPS) is 19.7. The van der Waals surface area contributed by atoms with Gasteiger partial charge in [0.05, 0.1) is 12.7 Å². The van der Waals surface area contributed by atoms with E-state index in [1.54, 1.807) is 12.1 Å². The van der Waals surface area contributed by atoms with Crippen LogP contribution in [0.2, 0.25) is 0 Å². The number of halogens is 1. The van der Waals surface area contributed by atoms with Crippen LogP contribution in [0, 0.1) is 5.82 Å². The van der Waals surface area contributed by atoms with E-state index in [1.807, 2.05) is 0 Å². The van der Waals surface area contributed by atoms with Gasteiger partial charge < -0.3 is 15.8 Å². The van der Waals surface area contributed by atoms with Crippen LogP contribution in [-0.2, 0) is 11.2 Å². The van der Waals surface area contributed by atoms with Crippen LogP contribution in [0.5, 0.6) is 0 Å². The minimum Gasteiger partial charge on any atom is -0.383 e. The van der Waals surface area contributed by atoms with Crippen molar-refractivity contribution in [2.75, 3.05) is 17.7 Å². The Morgan fingerprint density at radius 2 is 2.08 bits per heavy atom. The number of hydrogen-bond acceptors (Lipinski definition) is 5. The van der Waals surface area contributed by atoms with Crippen LogP contribution in [0.4, 0.5) is 16.0 Å². The maximum Gasteiger partial charge on any atom is 0.174 e. The van der Waals surface area contributed by atoms with E-state index >= 15 is 0 Å². The third-order valence-electron chi connectivity index (χ3n) is 4.46. The van der Waals surface area contributed by atoms with Crippen molar-refractivity contribution in [3.05, 3.63) is 47.5 Å². The lowest BCUT2D eigenvalue weighted by atomic mass is 10.1. The molecule has 0 radical (unpaired) electrons. The van der Waals surface area contributed by atoms with Crippen LogP contribution < -0.4 is 16.5 Å². The lowest BCUT2D eigenvalue weighted by Crippen LogP contribution is -2.32. The van der Waals surface area contributed by atoms with Gasteiger partial charge in [-0.2, -0.15) is 0 Å². The fourth-order valence-electron chi connectivity index (χ4n) is 3.10. The van der Waals surface area contributed by atoms with E-state index in [4.69, 9.17) is 15.9 Å². The smallest absolute Gasteiger partial charge is 0.174 e. The van der Waals surface area contributed by atoms with Crippen LogP contribution in [0.3, 0.4) is 0 Å². The molecule has 1 heterocycles. The SMILES string of the molecule is Nc1ncnc(N[C@H]2CC[C@H](OCCc3ccc(F)cc3)C2)c1C=[NH2+]. The summed E-state index contributed by atoms with van der Waals surface area (Å²) in [7, 11) is 0. The first kappa shape index (κ1) is 17.3. The van der Waals surface area contributed by atoms with Crippen molar-refractivity contribution in [3.8, 4) is 0 Å². The number of hydrogen-bond donors (Lipinski definition) is 3. The lowest BCUT2D eigenvalue weighted by molar-refractivity contribution is -0.104. The third-order valence-corrected chi connectivity index (χ3v) is 4.46. The van der Waals surface area contributed by atoms with Crippen molar-refractivity contribution < 1.29 is 14.5 Å². The summed E-state index contributed by atoms with van der Waals surface area (Å²) in [5.41, 5.74) is 7.52. The third kappa shape index (κ3) is 4.51. The molecule has 0 amide bonds. The van der Waals surface area contributed by atoms with E-state index in [-0.39, 0.29) is 18.0 Å². The molecule has 3 rings (SSSR count). The Balaban J connectivity index is 1.46. The molecule has 0 saturated heterocycles. The summed E-state index contributed by atoms with van der Waals surface area (Å²) < 4.78 is 18.9. The van der Waals surface area contributed by atoms with Crippen LogP contribution in [0.15, 0.2) is 30.6 Å². The highest BCUT2D eigenvalue weighted by Crippen LogP contribution is 2.26. The summed E-state index contributed by atoms with van der Waals surface area (Å²) in [6, 6.07) is 6.81. The molecule has 1 fully saturated rings. The van der Waals surface area contributed by atoms with E-state index in [0.717, 1.165) is 31.2 Å².